The standard InChI is InChI=1S/C14H14O4/c1-8(2)9-4-5-10-6-11(13(15)17-3)14(16)18-12(10)7-9/h4-8H,1-3H3. The largest absolute Gasteiger partial charge is 0.465 e. The molecule has 0 radical (unpaired) electrons. The molecule has 2 rings (SSSR count). The van der Waals surface area contributed by atoms with Crippen LogP contribution in [0.2, 0.25) is 0 Å². The van der Waals surface area contributed by atoms with Gasteiger partial charge in [-0.25, -0.2) is 9.59 Å². The minimum Gasteiger partial charge on any atom is -0.465 e. The first-order valence-corrected chi connectivity index (χ1v) is 5.69. The zero-order valence-electron chi connectivity index (χ0n) is 10.5. The summed E-state index contributed by atoms with van der Waals surface area (Å²) in [4.78, 5) is 23.0. The highest BCUT2D eigenvalue weighted by molar-refractivity contribution is 5.92. The topological polar surface area (TPSA) is 56.5 Å². The Morgan fingerprint density at radius 2 is 2.00 bits per heavy atom. The van der Waals surface area contributed by atoms with Crippen molar-refractivity contribution in [3.05, 3.63) is 45.8 Å². The van der Waals surface area contributed by atoms with E-state index in [1.807, 2.05) is 18.2 Å². The lowest BCUT2D eigenvalue weighted by atomic mass is 10.0. The fourth-order valence-electron chi connectivity index (χ4n) is 1.74. The van der Waals surface area contributed by atoms with Crippen molar-refractivity contribution in [2.24, 2.45) is 0 Å². The zero-order chi connectivity index (χ0) is 13.3. The smallest absolute Gasteiger partial charge is 0.351 e. The molecule has 1 aromatic carbocycles. The van der Waals surface area contributed by atoms with E-state index in [0.717, 1.165) is 5.56 Å². The average molecular weight is 246 g/mol. The highest BCUT2D eigenvalue weighted by Crippen LogP contribution is 2.21. The molecule has 0 aliphatic rings. The Hall–Kier alpha value is -2.10. The fraction of sp³-hybridized carbons (Fsp3) is 0.286. The van der Waals surface area contributed by atoms with Gasteiger partial charge in [-0.2, -0.15) is 0 Å². The molecule has 0 unspecified atom stereocenters. The van der Waals surface area contributed by atoms with Crippen LogP contribution in [0.3, 0.4) is 0 Å². The predicted molar refractivity (Wildman–Crippen MR) is 67.9 cm³/mol. The Labute approximate surface area is 104 Å². The Kier molecular flexibility index (Phi) is 3.19. The van der Waals surface area contributed by atoms with Gasteiger partial charge in [0.25, 0.3) is 0 Å². The molecule has 0 spiro atoms. The number of esters is 1. The van der Waals surface area contributed by atoms with Crippen molar-refractivity contribution < 1.29 is 13.9 Å². The van der Waals surface area contributed by atoms with Crippen molar-refractivity contribution in [1.29, 1.82) is 0 Å². The molecule has 18 heavy (non-hydrogen) atoms. The second-order valence-corrected chi connectivity index (χ2v) is 4.39. The second-order valence-electron chi connectivity index (χ2n) is 4.39. The summed E-state index contributed by atoms with van der Waals surface area (Å²) in [5, 5.41) is 0.708. The molecule has 0 N–H and O–H groups in total. The monoisotopic (exact) mass is 246 g/mol. The summed E-state index contributed by atoms with van der Waals surface area (Å²) in [6.45, 7) is 4.12. The molecule has 0 fully saturated rings. The maximum absolute atomic E-state index is 11.6. The highest BCUT2D eigenvalue weighted by atomic mass is 16.5. The number of methoxy groups -OCH3 is 1. The molecular formula is C14H14O4. The van der Waals surface area contributed by atoms with Gasteiger partial charge >= 0.3 is 11.6 Å². The number of carbonyl (C=O) groups is 1. The number of rotatable bonds is 2. The second kappa shape index (κ2) is 4.64. The van der Waals surface area contributed by atoms with E-state index in [9.17, 15) is 9.59 Å². The molecule has 0 bridgehead atoms. The van der Waals surface area contributed by atoms with Gasteiger partial charge in [-0.1, -0.05) is 26.0 Å². The number of carbonyl (C=O) groups excluding carboxylic acids is 1. The maximum atomic E-state index is 11.6. The van der Waals surface area contributed by atoms with Crippen molar-refractivity contribution in [2.75, 3.05) is 7.11 Å². The van der Waals surface area contributed by atoms with Gasteiger partial charge in [0.1, 0.15) is 11.1 Å². The van der Waals surface area contributed by atoms with Gasteiger partial charge in [0.2, 0.25) is 0 Å². The molecule has 4 heteroatoms. The van der Waals surface area contributed by atoms with Gasteiger partial charge < -0.3 is 9.15 Å². The summed E-state index contributed by atoms with van der Waals surface area (Å²) in [6, 6.07) is 7.10. The molecule has 1 aromatic heterocycles. The Bertz CT molecular complexity index is 652. The van der Waals surface area contributed by atoms with Crippen LogP contribution in [0.15, 0.2) is 33.5 Å². The Morgan fingerprint density at radius 1 is 1.28 bits per heavy atom. The molecule has 1 heterocycles. The molecule has 4 nitrogen and oxygen atoms in total. The number of ether oxygens (including phenoxy) is 1. The van der Waals surface area contributed by atoms with Crippen LogP contribution in [0.5, 0.6) is 0 Å². The average Bonchev–Trinajstić information content (AvgIpc) is 2.36. The zero-order valence-corrected chi connectivity index (χ0v) is 10.5. The molecule has 0 amide bonds. The van der Waals surface area contributed by atoms with Crippen LogP contribution < -0.4 is 5.63 Å². The summed E-state index contributed by atoms with van der Waals surface area (Å²) in [5.41, 5.74) is 0.813. The number of hydrogen-bond acceptors (Lipinski definition) is 4. The lowest BCUT2D eigenvalue weighted by Gasteiger charge is -2.06. The molecule has 0 saturated heterocycles. The van der Waals surface area contributed by atoms with Gasteiger partial charge in [-0.15, -0.1) is 0 Å². The van der Waals surface area contributed by atoms with E-state index in [0.29, 0.717) is 16.9 Å². The molecule has 0 atom stereocenters. The van der Waals surface area contributed by atoms with Crippen molar-refractivity contribution >= 4 is 16.9 Å². The van der Waals surface area contributed by atoms with Gasteiger partial charge in [0, 0.05) is 5.39 Å². The molecule has 0 aliphatic heterocycles. The lowest BCUT2D eigenvalue weighted by Crippen LogP contribution is -2.14. The van der Waals surface area contributed by atoms with Crippen LogP contribution in [0.1, 0.15) is 35.7 Å². The number of hydrogen-bond donors (Lipinski definition) is 0. The molecule has 0 saturated carbocycles. The summed E-state index contributed by atoms with van der Waals surface area (Å²) in [7, 11) is 1.23. The lowest BCUT2D eigenvalue weighted by molar-refractivity contribution is 0.0596. The first kappa shape index (κ1) is 12.4. The summed E-state index contributed by atoms with van der Waals surface area (Å²) in [6.07, 6.45) is 0. The van der Waals surface area contributed by atoms with Gasteiger partial charge in [-0.3, -0.25) is 0 Å². The molecule has 0 aliphatic carbocycles. The van der Waals surface area contributed by atoms with E-state index >= 15 is 0 Å². The van der Waals surface area contributed by atoms with Gasteiger partial charge in [0.05, 0.1) is 7.11 Å². The van der Waals surface area contributed by atoms with Crippen molar-refractivity contribution in [2.45, 2.75) is 19.8 Å². The van der Waals surface area contributed by atoms with E-state index < -0.39 is 11.6 Å². The maximum Gasteiger partial charge on any atom is 0.351 e. The summed E-state index contributed by atoms with van der Waals surface area (Å²) < 4.78 is 9.68. The SMILES string of the molecule is COC(=O)c1cc2ccc(C(C)C)cc2oc1=O. The van der Waals surface area contributed by atoms with Crippen LogP contribution >= 0.6 is 0 Å². The summed E-state index contributed by atoms with van der Waals surface area (Å²) >= 11 is 0. The molecular weight excluding hydrogens is 232 g/mol. The van der Waals surface area contributed by atoms with E-state index in [1.165, 1.54) is 13.2 Å². The minimum atomic E-state index is -0.682. The summed E-state index contributed by atoms with van der Waals surface area (Å²) in [5.74, 6) is -0.335. The molecule has 2 aromatic rings. The van der Waals surface area contributed by atoms with Crippen LogP contribution in [0.25, 0.3) is 11.0 Å². The Morgan fingerprint density at radius 3 is 2.61 bits per heavy atom. The first-order valence-electron chi connectivity index (χ1n) is 5.69. The third-order valence-electron chi connectivity index (χ3n) is 2.83. The first-order chi connectivity index (χ1) is 8.52. The van der Waals surface area contributed by atoms with Crippen molar-refractivity contribution in [1.82, 2.24) is 0 Å². The highest BCUT2D eigenvalue weighted by Gasteiger charge is 2.14. The van der Waals surface area contributed by atoms with Crippen LogP contribution in [0.4, 0.5) is 0 Å². The third kappa shape index (κ3) is 2.14. The number of fused-ring (bicyclic) bond motifs is 1. The van der Waals surface area contributed by atoms with Gasteiger partial charge in [0.15, 0.2) is 0 Å². The van der Waals surface area contributed by atoms with E-state index in [-0.39, 0.29) is 5.56 Å². The van der Waals surface area contributed by atoms with E-state index in [1.54, 1.807) is 0 Å². The van der Waals surface area contributed by atoms with E-state index in [4.69, 9.17) is 4.42 Å². The van der Waals surface area contributed by atoms with Crippen LogP contribution in [0, 0.1) is 0 Å². The fourth-order valence-corrected chi connectivity index (χ4v) is 1.74. The Balaban J connectivity index is 2.64. The van der Waals surface area contributed by atoms with Crippen LogP contribution in [-0.4, -0.2) is 13.1 Å². The van der Waals surface area contributed by atoms with E-state index in [2.05, 4.69) is 18.6 Å². The van der Waals surface area contributed by atoms with Crippen molar-refractivity contribution in [3.8, 4) is 0 Å². The van der Waals surface area contributed by atoms with Crippen molar-refractivity contribution in [3.63, 3.8) is 0 Å². The number of benzene rings is 1. The minimum absolute atomic E-state index is 0.0812. The quantitative estimate of drug-likeness (QED) is 0.604. The third-order valence-corrected chi connectivity index (χ3v) is 2.83. The normalized spacial score (nSPS) is 10.9. The van der Waals surface area contributed by atoms with Crippen LogP contribution in [-0.2, 0) is 4.74 Å². The molecule has 94 valence electrons. The predicted octanol–water partition coefficient (Wildman–Crippen LogP) is 2.70. The van der Waals surface area contributed by atoms with Gasteiger partial charge in [-0.05, 0) is 23.6 Å².